The number of hydrogen-bond donors (Lipinski definition) is 1. The molecule has 1 aliphatic heterocycles. The summed E-state index contributed by atoms with van der Waals surface area (Å²) in [6, 6.07) is 0. The van der Waals surface area contributed by atoms with Gasteiger partial charge in [-0.15, -0.1) is 0 Å². The number of nitrogens with two attached hydrogens (primary N) is 1. The van der Waals surface area contributed by atoms with Gasteiger partial charge in [0, 0.05) is 13.1 Å². The molecule has 1 aromatic heterocycles. The molecule has 1 saturated heterocycles. The molecular formula is C13H22N4O. The molecule has 0 spiro atoms. The first-order valence-corrected chi connectivity index (χ1v) is 6.37. The number of carbonyl (C=O) groups is 1. The number of hydrogen-bond acceptors (Lipinski definition) is 3. The zero-order chi connectivity index (χ0) is 13.5. The number of anilines is 1. The maximum absolute atomic E-state index is 12.2. The summed E-state index contributed by atoms with van der Waals surface area (Å²) in [7, 11) is 0. The molecule has 1 aliphatic rings. The standard InChI is InChI=1S/C13H22N4O/c1-9-12(14)10(2)17(15-9)7-11(18)16-6-5-13(3,4)8-16/h5-8,14H2,1-4H3. The highest BCUT2D eigenvalue weighted by molar-refractivity contribution is 5.76. The van der Waals surface area contributed by atoms with Gasteiger partial charge in [-0.25, -0.2) is 0 Å². The second-order valence-electron chi connectivity index (χ2n) is 5.97. The predicted molar refractivity (Wildman–Crippen MR) is 71.1 cm³/mol. The van der Waals surface area contributed by atoms with Gasteiger partial charge >= 0.3 is 0 Å². The highest BCUT2D eigenvalue weighted by Crippen LogP contribution is 2.29. The minimum absolute atomic E-state index is 0.131. The van der Waals surface area contributed by atoms with E-state index in [1.807, 2.05) is 18.7 Å². The minimum atomic E-state index is 0.131. The molecular weight excluding hydrogens is 228 g/mol. The van der Waals surface area contributed by atoms with Crippen LogP contribution in [0.15, 0.2) is 0 Å². The summed E-state index contributed by atoms with van der Waals surface area (Å²) >= 11 is 0. The molecule has 2 rings (SSSR count). The molecule has 18 heavy (non-hydrogen) atoms. The molecule has 1 fully saturated rings. The Morgan fingerprint density at radius 3 is 2.56 bits per heavy atom. The van der Waals surface area contributed by atoms with Crippen molar-refractivity contribution in [3.05, 3.63) is 11.4 Å². The van der Waals surface area contributed by atoms with E-state index < -0.39 is 0 Å². The lowest BCUT2D eigenvalue weighted by Crippen LogP contribution is -2.33. The van der Waals surface area contributed by atoms with Crippen molar-refractivity contribution in [3.8, 4) is 0 Å². The van der Waals surface area contributed by atoms with Crippen molar-refractivity contribution in [2.45, 2.75) is 40.7 Å². The molecule has 0 unspecified atom stereocenters. The third-order valence-corrected chi connectivity index (χ3v) is 3.75. The van der Waals surface area contributed by atoms with Gasteiger partial charge in [0.15, 0.2) is 0 Å². The van der Waals surface area contributed by atoms with Gasteiger partial charge in [-0.05, 0) is 25.7 Å². The molecule has 0 radical (unpaired) electrons. The van der Waals surface area contributed by atoms with E-state index in [0.29, 0.717) is 12.2 Å². The van der Waals surface area contributed by atoms with Gasteiger partial charge in [0.1, 0.15) is 6.54 Å². The van der Waals surface area contributed by atoms with E-state index in [4.69, 9.17) is 5.73 Å². The molecule has 0 aliphatic carbocycles. The Balaban J connectivity index is 2.06. The Kier molecular flexibility index (Phi) is 3.09. The number of aromatic nitrogens is 2. The molecule has 5 heteroatoms. The van der Waals surface area contributed by atoms with Crippen molar-refractivity contribution in [3.63, 3.8) is 0 Å². The summed E-state index contributed by atoms with van der Waals surface area (Å²) in [4.78, 5) is 14.1. The molecule has 5 nitrogen and oxygen atoms in total. The molecule has 1 aromatic rings. The summed E-state index contributed by atoms with van der Waals surface area (Å²) in [5.74, 6) is 0.131. The summed E-state index contributed by atoms with van der Waals surface area (Å²) in [5, 5.41) is 4.30. The maximum atomic E-state index is 12.2. The van der Waals surface area contributed by atoms with Gasteiger partial charge < -0.3 is 10.6 Å². The fraction of sp³-hybridized carbons (Fsp3) is 0.692. The first-order chi connectivity index (χ1) is 8.30. The van der Waals surface area contributed by atoms with Gasteiger partial charge in [-0.1, -0.05) is 13.8 Å². The highest BCUT2D eigenvalue weighted by Gasteiger charge is 2.32. The van der Waals surface area contributed by atoms with Crippen LogP contribution in [0.1, 0.15) is 31.7 Å². The van der Waals surface area contributed by atoms with Crippen molar-refractivity contribution in [1.29, 1.82) is 0 Å². The third-order valence-electron chi connectivity index (χ3n) is 3.75. The van der Waals surface area contributed by atoms with E-state index in [2.05, 4.69) is 18.9 Å². The van der Waals surface area contributed by atoms with Crippen LogP contribution in [0.2, 0.25) is 0 Å². The van der Waals surface area contributed by atoms with Crippen LogP contribution in [0.25, 0.3) is 0 Å². The Morgan fingerprint density at radius 2 is 2.11 bits per heavy atom. The monoisotopic (exact) mass is 250 g/mol. The largest absolute Gasteiger partial charge is 0.396 e. The summed E-state index contributed by atoms with van der Waals surface area (Å²) in [5.41, 5.74) is 8.46. The Labute approximate surface area is 108 Å². The SMILES string of the molecule is Cc1nn(CC(=O)N2CCC(C)(C)C2)c(C)c1N. The number of amides is 1. The number of aryl methyl sites for hydroxylation is 1. The van der Waals surface area contributed by atoms with Gasteiger partial charge in [0.05, 0.1) is 17.1 Å². The minimum Gasteiger partial charge on any atom is -0.396 e. The summed E-state index contributed by atoms with van der Waals surface area (Å²) in [6.45, 7) is 10.1. The van der Waals surface area contributed by atoms with Crippen molar-refractivity contribution < 1.29 is 4.79 Å². The topological polar surface area (TPSA) is 64.2 Å². The maximum Gasteiger partial charge on any atom is 0.244 e. The van der Waals surface area contributed by atoms with Crippen LogP contribution in [0.5, 0.6) is 0 Å². The molecule has 100 valence electrons. The average Bonchev–Trinajstić information content (AvgIpc) is 2.75. The lowest BCUT2D eigenvalue weighted by atomic mass is 9.93. The lowest BCUT2D eigenvalue weighted by molar-refractivity contribution is -0.131. The summed E-state index contributed by atoms with van der Waals surface area (Å²) < 4.78 is 1.71. The Morgan fingerprint density at radius 1 is 1.44 bits per heavy atom. The van der Waals surface area contributed by atoms with E-state index in [0.717, 1.165) is 30.9 Å². The smallest absolute Gasteiger partial charge is 0.244 e. The van der Waals surface area contributed by atoms with E-state index in [1.165, 1.54) is 0 Å². The average molecular weight is 250 g/mol. The van der Waals surface area contributed by atoms with Crippen LogP contribution in [-0.4, -0.2) is 33.7 Å². The molecule has 0 saturated carbocycles. The molecule has 1 amide bonds. The second kappa shape index (κ2) is 4.30. The van der Waals surface area contributed by atoms with Crippen LogP contribution < -0.4 is 5.73 Å². The van der Waals surface area contributed by atoms with Crippen LogP contribution in [-0.2, 0) is 11.3 Å². The van der Waals surface area contributed by atoms with E-state index in [-0.39, 0.29) is 11.3 Å². The predicted octanol–water partition coefficient (Wildman–Crippen LogP) is 1.34. The van der Waals surface area contributed by atoms with Gasteiger partial charge in [-0.3, -0.25) is 9.48 Å². The van der Waals surface area contributed by atoms with Gasteiger partial charge in [0.2, 0.25) is 5.91 Å². The number of likely N-dealkylation sites (tertiary alicyclic amines) is 1. The quantitative estimate of drug-likeness (QED) is 0.861. The third kappa shape index (κ3) is 2.35. The normalized spacial score (nSPS) is 18.3. The fourth-order valence-electron chi connectivity index (χ4n) is 2.42. The molecule has 0 atom stereocenters. The van der Waals surface area contributed by atoms with Crippen LogP contribution >= 0.6 is 0 Å². The van der Waals surface area contributed by atoms with Crippen molar-refractivity contribution in [1.82, 2.24) is 14.7 Å². The van der Waals surface area contributed by atoms with Crippen molar-refractivity contribution in [2.75, 3.05) is 18.8 Å². The number of nitrogen functional groups attached to an aromatic ring is 1. The fourth-order valence-corrected chi connectivity index (χ4v) is 2.42. The Bertz CT molecular complexity index is 476. The second-order valence-corrected chi connectivity index (χ2v) is 5.97. The molecule has 2 N–H and O–H groups in total. The first kappa shape index (κ1) is 12.9. The summed E-state index contributed by atoms with van der Waals surface area (Å²) in [6.07, 6.45) is 1.07. The number of carbonyl (C=O) groups excluding carboxylic acids is 1. The van der Waals surface area contributed by atoms with Gasteiger partial charge in [-0.2, -0.15) is 5.10 Å². The zero-order valence-electron chi connectivity index (χ0n) is 11.7. The molecule has 0 aromatic carbocycles. The Hall–Kier alpha value is -1.52. The van der Waals surface area contributed by atoms with Crippen LogP contribution in [0.3, 0.4) is 0 Å². The highest BCUT2D eigenvalue weighted by atomic mass is 16.2. The van der Waals surface area contributed by atoms with E-state index >= 15 is 0 Å². The first-order valence-electron chi connectivity index (χ1n) is 6.37. The van der Waals surface area contributed by atoms with Crippen molar-refractivity contribution in [2.24, 2.45) is 5.41 Å². The zero-order valence-corrected chi connectivity index (χ0v) is 11.7. The van der Waals surface area contributed by atoms with E-state index in [9.17, 15) is 4.79 Å². The van der Waals surface area contributed by atoms with E-state index in [1.54, 1.807) is 4.68 Å². The van der Waals surface area contributed by atoms with Crippen LogP contribution in [0.4, 0.5) is 5.69 Å². The number of nitrogens with zero attached hydrogens (tertiary/aromatic N) is 3. The van der Waals surface area contributed by atoms with Crippen LogP contribution in [0, 0.1) is 19.3 Å². The molecule has 2 heterocycles. The number of rotatable bonds is 2. The molecule has 0 bridgehead atoms. The lowest BCUT2D eigenvalue weighted by Gasteiger charge is -2.20. The van der Waals surface area contributed by atoms with Crippen molar-refractivity contribution >= 4 is 11.6 Å². The van der Waals surface area contributed by atoms with Gasteiger partial charge in [0.25, 0.3) is 0 Å².